The molecule has 1 saturated heterocycles. The normalized spacial score (nSPS) is 17.7. The largest absolute Gasteiger partial charge is 0.459 e. The summed E-state index contributed by atoms with van der Waals surface area (Å²) in [4.78, 5) is 16.2. The second kappa shape index (κ2) is 5.16. The molecule has 1 aromatic rings. The zero-order valence-corrected chi connectivity index (χ0v) is 9.69. The van der Waals surface area contributed by atoms with Gasteiger partial charge in [0.1, 0.15) is 0 Å². The molecule has 2 rings (SSSR count). The molecule has 16 heavy (non-hydrogen) atoms. The molecule has 0 spiro atoms. The van der Waals surface area contributed by atoms with E-state index in [4.69, 9.17) is 4.42 Å². The van der Waals surface area contributed by atoms with Gasteiger partial charge in [0.15, 0.2) is 5.76 Å². The predicted octanol–water partition coefficient (Wildman–Crippen LogP) is 1.45. The Labute approximate surface area is 95.8 Å². The number of carbonyl (C=O) groups is 1. The Morgan fingerprint density at radius 1 is 1.38 bits per heavy atom. The summed E-state index contributed by atoms with van der Waals surface area (Å²) < 4.78 is 5.12. The highest BCUT2D eigenvalue weighted by Gasteiger charge is 2.22. The summed E-state index contributed by atoms with van der Waals surface area (Å²) in [6.45, 7) is 6.86. The molecular weight excluding hydrogens is 204 g/mol. The van der Waals surface area contributed by atoms with Gasteiger partial charge in [-0.05, 0) is 25.1 Å². The molecule has 0 saturated carbocycles. The van der Waals surface area contributed by atoms with E-state index in [1.54, 1.807) is 18.4 Å². The molecule has 0 radical (unpaired) electrons. The minimum Gasteiger partial charge on any atom is -0.459 e. The van der Waals surface area contributed by atoms with E-state index < -0.39 is 0 Å². The first kappa shape index (κ1) is 11.2. The van der Waals surface area contributed by atoms with Gasteiger partial charge in [-0.1, -0.05) is 6.92 Å². The van der Waals surface area contributed by atoms with Crippen LogP contribution in [-0.2, 0) is 0 Å². The Hall–Kier alpha value is -1.29. The van der Waals surface area contributed by atoms with Crippen molar-refractivity contribution in [3.63, 3.8) is 0 Å². The van der Waals surface area contributed by atoms with Gasteiger partial charge < -0.3 is 9.32 Å². The highest BCUT2D eigenvalue weighted by atomic mass is 16.3. The number of piperazine rings is 1. The minimum atomic E-state index is 0.0150. The maximum atomic E-state index is 11.9. The Morgan fingerprint density at radius 2 is 2.12 bits per heavy atom. The van der Waals surface area contributed by atoms with Crippen LogP contribution in [-0.4, -0.2) is 48.4 Å². The van der Waals surface area contributed by atoms with Crippen LogP contribution in [0.2, 0.25) is 0 Å². The maximum absolute atomic E-state index is 11.9. The predicted molar refractivity (Wildman–Crippen MR) is 61.3 cm³/mol. The van der Waals surface area contributed by atoms with E-state index in [0.717, 1.165) is 32.7 Å². The molecule has 1 aromatic heterocycles. The molecule has 88 valence electrons. The summed E-state index contributed by atoms with van der Waals surface area (Å²) in [7, 11) is 0. The van der Waals surface area contributed by atoms with Crippen LogP contribution < -0.4 is 0 Å². The summed E-state index contributed by atoms with van der Waals surface area (Å²) in [5, 5.41) is 0. The fraction of sp³-hybridized carbons (Fsp3) is 0.583. The van der Waals surface area contributed by atoms with E-state index in [1.165, 1.54) is 6.42 Å². The van der Waals surface area contributed by atoms with E-state index >= 15 is 0 Å². The lowest BCUT2D eigenvalue weighted by Gasteiger charge is -2.34. The Balaban J connectivity index is 1.87. The third kappa shape index (κ3) is 2.44. The molecule has 1 amide bonds. The summed E-state index contributed by atoms with van der Waals surface area (Å²) in [6, 6.07) is 3.47. The highest BCUT2D eigenvalue weighted by Crippen LogP contribution is 2.09. The first-order valence-corrected chi connectivity index (χ1v) is 5.86. The maximum Gasteiger partial charge on any atom is 0.289 e. The van der Waals surface area contributed by atoms with Gasteiger partial charge >= 0.3 is 0 Å². The molecule has 1 aliphatic heterocycles. The lowest BCUT2D eigenvalue weighted by atomic mass is 10.2. The van der Waals surface area contributed by atoms with Crippen LogP contribution >= 0.6 is 0 Å². The van der Waals surface area contributed by atoms with E-state index in [-0.39, 0.29) is 5.91 Å². The molecule has 0 unspecified atom stereocenters. The number of furan rings is 1. The lowest BCUT2D eigenvalue weighted by Crippen LogP contribution is -2.48. The third-order valence-corrected chi connectivity index (χ3v) is 2.93. The molecule has 0 N–H and O–H groups in total. The number of rotatable bonds is 3. The lowest BCUT2D eigenvalue weighted by molar-refractivity contribution is 0.0606. The van der Waals surface area contributed by atoms with E-state index in [1.807, 2.05) is 4.90 Å². The van der Waals surface area contributed by atoms with E-state index in [9.17, 15) is 4.79 Å². The van der Waals surface area contributed by atoms with Crippen LogP contribution in [0.3, 0.4) is 0 Å². The Morgan fingerprint density at radius 3 is 2.69 bits per heavy atom. The van der Waals surface area contributed by atoms with Crippen molar-refractivity contribution in [3.8, 4) is 0 Å². The first-order valence-electron chi connectivity index (χ1n) is 5.86. The number of nitrogens with zero attached hydrogens (tertiary/aromatic N) is 2. The second-order valence-corrected chi connectivity index (χ2v) is 4.11. The fourth-order valence-electron chi connectivity index (χ4n) is 2.05. The van der Waals surface area contributed by atoms with Crippen LogP contribution in [0.25, 0.3) is 0 Å². The van der Waals surface area contributed by atoms with Gasteiger partial charge in [0.25, 0.3) is 5.91 Å². The molecule has 0 aromatic carbocycles. The van der Waals surface area contributed by atoms with Gasteiger partial charge in [-0.25, -0.2) is 0 Å². The average Bonchev–Trinajstić information content (AvgIpc) is 2.83. The van der Waals surface area contributed by atoms with Gasteiger partial charge in [-0.2, -0.15) is 0 Å². The van der Waals surface area contributed by atoms with E-state index in [2.05, 4.69) is 11.8 Å². The Bertz CT molecular complexity index is 327. The van der Waals surface area contributed by atoms with Gasteiger partial charge in [0, 0.05) is 26.2 Å². The summed E-state index contributed by atoms with van der Waals surface area (Å²) in [5.41, 5.74) is 0. The number of carbonyl (C=O) groups excluding carboxylic acids is 1. The standard InChI is InChI=1S/C12H18N2O2/c1-2-5-13-6-8-14(9-7-13)12(15)11-4-3-10-16-11/h3-4,10H,2,5-9H2,1H3. The average molecular weight is 222 g/mol. The smallest absolute Gasteiger partial charge is 0.289 e. The van der Waals surface area contributed by atoms with Crippen molar-refractivity contribution in [2.75, 3.05) is 32.7 Å². The minimum absolute atomic E-state index is 0.0150. The highest BCUT2D eigenvalue weighted by molar-refractivity contribution is 5.91. The number of amides is 1. The topological polar surface area (TPSA) is 36.7 Å². The molecule has 2 heterocycles. The number of hydrogen-bond acceptors (Lipinski definition) is 3. The van der Waals surface area contributed by atoms with Crippen molar-refractivity contribution in [2.45, 2.75) is 13.3 Å². The van der Waals surface area contributed by atoms with Crippen molar-refractivity contribution in [1.29, 1.82) is 0 Å². The van der Waals surface area contributed by atoms with Gasteiger partial charge in [-0.3, -0.25) is 9.69 Å². The molecule has 1 fully saturated rings. The second-order valence-electron chi connectivity index (χ2n) is 4.11. The monoisotopic (exact) mass is 222 g/mol. The van der Waals surface area contributed by atoms with Crippen molar-refractivity contribution in [1.82, 2.24) is 9.80 Å². The summed E-state index contributed by atoms with van der Waals surface area (Å²) >= 11 is 0. The van der Waals surface area contributed by atoms with Crippen molar-refractivity contribution in [3.05, 3.63) is 24.2 Å². The molecule has 0 bridgehead atoms. The quantitative estimate of drug-likeness (QED) is 0.776. The first-order chi connectivity index (χ1) is 7.81. The molecule has 0 aliphatic carbocycles. The molecule has 1 aliphatic rings. The molecule has 0 atom stereocenters. The number of hydrogen-bond donors (Lipinski definition) is 0. The van der Waals surface area contributed by atoms with Crippen LogP contribution in [0.5, 0.6) is 0 Å². The summed E-state index contributed by atoms with van der Waals surface area (Å²) in [6.07, 6.45) is 2.71. The fourth-order valence-corrected chi connectivity index (χ4v) is 2.05. The van der Waals surface area contributed by atoms with Crippen molar-refractivity contribution in [2.24, 2.45) is 0 Å². The van der Waals surface area contributed by atoms with Crippen LogP contribution in [0, 0.1) is 0 Å². The van der Waals surface area contributed by atoms with Gasteiger partial charge in [-0.15, -0.1) is 0 Å². The van der Waals surface area contributed by atoms with Crippen molar-refractivity contribution < 1.29 is 9.21 Å². The SMILES string of the molecule is CCCN1CCN(C(=O)c2ccco2)CC1. The molecule has 4 heteroatoms. The van der Waals surface area contributed by atoms with Crippen LogP contribution in [0.4, 0.5) is 0 Å². The summed E-state index contributed by atoms with van der Waals surface area (Å²) in [5.74, 6) is 0.463. The van der Waals surface area contributed by atoms with Crippen molar-refractivity contribution >= 4 is 5.91 Å². The van der Waals surface area contributed by atoms with Gasteiger partial charge in [0.05, 0.1) is 6.26 Å². The zero-order chi connectivity index (χ0) is 11.4. The Kier molecular flexibility index (Phi) is 3.62. The van der Waals surface area contributed by atoms with Crippen LogP contribution in [0.15, 0.2) is 22.8 Å². The van der Waals surface area contributed by atoms with Gasteiger partial charge in [0.2, 0.25) is 0 Å². The van der Waals surface area contributed by atoms with Crippen LogP contribution in [0.1, 0.15) is 23.9 Å². The third-order valence-electron chi connectivity index (χ3n) is 2.93. The molecule has 4 nitrogen and oxygen atoms in total. The van der Waals surface area contributed by atoms with E-state index in [0.29, 0.717) is 5.76 Å². The zero-order valence-electron chi connectivity index (χ0n) is 9.69. The molecular formula is C12H18N2O2.